The maximum Gasteiger partial charge on any atom is 0.324 e. The van der Waals surface area contributed by atoms with Crippen molar-refractivity contribution >= 4 is 34.6 Å². The maximum atomic E-state index is 13.9. The average molecular weight is 485 g/mol. The van der Waals surface area contributed by atoms with E-state index in [1.165, 1.54) is 30.9 Å². The Kier molecular flexibility index (Phi) is 5.83. The molecule has 4 atom stereocenters. The zero-order chi connectivity index (χ0) is 24.7. The maximum absolute atomic E-state index is 13.9. The first-order valence-corrected chi connectivity index (χ1v) is 11.1. The van der Waals surface area contributed by atoms with Crippen molar-refractivity contribution in [2.24, 2.45) is 0 Å². The van der Waals surface area contributed by atoms with E-state index in [9.17, 15) is 14.0 Å². The topological polar surface area (TPSA) is 142 Å². The molecule has 0 unspecified atom stereocenters. The summed E-state index contributed by atoms with van der Waals surface area (Å²) < 4.78 is 33.6. The number of anilines is 2. The second-order valence-corrected chi connectivity index (χ2v) is 8.51. The Labute approximate surface area is 199 Å². The SMILES string of the molecule is CCNC(=O)[C@H]1O[C@@H](n2cnc3c(NC(=O)Nc4ccccc4F)ncnc32)[C@@H]2OC(C)(C)O[C@@H]21. The van der Waals surface area contributed by atoms with Crippen molar-refractivity contribution in [2.45, 2.75) is 51.1 Å². The quantitative estimate of drug-likeness (QED) is 0.499. The van der Waals surface area contributed by atoms with Crippen molar-refractivity contribution in [1.82, 2.24) is 24.8 Å². The number of aromatic nitrogens is 4. The number of ether oxygens (including phenoxy) is 3. The molecule has 1 aromatic carbocycles. The van der Waals surface area contributed by atoms with E-state index in [0.717, 1.165) is 0 Å². The predicted molar refractivity (Wildman–Crippen MR) is 121 cm³/mol. The number of amides is 3. The molecule has 2 fully saturated rings. The normalized spacial score (nSPS) is 24.8. The second-order valence-electron chi connectivity index (χ2n) is 8.51. The van der Waals surface area contributed by atoms with E-state index in [-0.39, 0.29) is 22.9 Å². The molecule has 12 nitrogen and oxygen atoms in total. The summed E-state index contributed by atoms with van der Waals surface area (Å²) in [5.41, 5.74) is 0.634. The van der Waals surface area contributed by atoms with Crippen LogP contribution in [0.5, 0.6) is 0 Å². The number of likely N-dealkylation sites (N-methyl/N-ethyl adjacent to an activating group) is 1. The number of hydrogen-bond acceptors (Lipinski definition) is 8. The lowest BCUT2D eigenvalue weighted by molar-refractivity contribution is -0.197. The summed E-state index contributed by atoms with van der Waals surface area (Å²) in [4.78, 5) is 37.8. The van der Waals surface area contributed by atoms with Crippen LogP contribution >= 0.6 is 0 Å². The van der Waals surface area contributed by atoms with Gasteiger partial charge in [-0.1, -0.05) is 12.1 Å². The predicted octanol–water partition coefficient (Wildman–Crippen LogP) is 2.16. The van der Waals surface area contributed by atoms with Crippen molar-refractivity contribution in [3.8, 4) is 0 Å². The van der Waals surface area contributed by atoms with Crippen LogP contribution in [-0.4, -0.2) is 62.1 Å². The Morgan fingerprint density at radius 2 is 1.89 bits per heavy atom. The molecule has 184 valence electrons. The zero-order valence-electron chi connectivity index (χ0n) is 19.2. The molecule has 2 aliphatic rings. The van der Waals surface area contributed by atoms with Crippen LogP contribution in [-0.2, 0) is 19.0 Å². The van der Waals surface area contributed by atoms with Gasteiger partial charge in [0.1, 0.15) is 24.4 Å². The van der Waals surface area contributed by atoms with Crippen LogP contribution in [0.4, 0.5) is 20.7 Å². The van der Waals surface area contributed by atoms with Gasteiger partial charge in [0.05, 0.1) is 12.0 Å². The number of para-hydroxylation sites is 1. The molecule has 0 aliphatic carbocycles. The Balaban J connectivity index is 1.42. The standard InChI is InChI=1S/C22H24FN7O5/c1-4-24-19(31)15-14-16(35-22(2,3)34-14)20(33-15)30-10-27-13-17(25-9-26-18(13)30)29-21(32)28-12-8-6-5-7-11(12)23/h5-10,14-16,20H,4H2,1-3H3,(H,24,31)(H2,25,26,28,29,32)/t14-,15+,16-,20-/m1/s1. The van der Waals surface area contributed by atoms with Gasteiger partial charge in [0, 0.05) is 6.54 Å². The summed E-state index contributed by atoms with van der Waals surface area (Å²) in [6, 6.07) is 5.09. The van der Waals surface area contributed by atoms with Crippen molar-refractivity contribution in [3.63, 3.8) is 0 Å². The molecular formula is C22H24FN7O5. The third-order valence-corrected chi connectivity index (χ3v) is 5.63. The van der Waals surface area contributed by atoms with Crippen molar-refractivity contribution < 1.29 is 28.2 Å². The molecule has 3 aromatic rings. The molecular weight excluding hydrogens is 461 g/mol. The van der Waals surface area contributed by atoms with Crippen LogP contribution in [0.1, 0.15) is 27.0 Å². The highest BCUT2D eigenvalue weighted by Gasteiger charge is 2.58. The minimum Gasteiger partial charge on any atom is -0.354 e. The molecule has 5 rings (SSSR count). The first-order chi connectivity index (χ1) is 16.8. The van der Waals surface area contributed by atoms with E-state index in [0.29, 0.717) is 12.2 Å². The summed E-state index contributed by atoms with van der Waals surface area (Å²) in [6.07, 6.45) is -0.182. The second kappa shape index (κ2) is 8.83. The molecule has 0 spiro atoms. The number of carbonyl (C=O) groups excluding carboxylic acids is 2. The largest absolute Gasteiger partial charge is 0.354 e. The van der Waals surface area contributed by atoms with Gasteiger partial charge in [-0.05, 0) is 32.9 Å². The lowest BCUT2D eigenvalue weighted by atomic mass is 10.1. The van der Waals surface area contributed by atoms with E-state index >= 15 is 0 Å². The Morgan fingerprint density at radius 1 is 1.11 bits per heavy atom. The van der Waals surface area contributed by atoms with Crippen molar-refractivity contribution in [1.29, 1.82) is 0 Å². The molecule has 0 radical (unpaired) electrons. The number of hydrogen-bond donors (Lipinski definition) is 3. The molecule has 3 N–H and O–H groups in total. The van der Waals surface area contributed by atoms with Crippen LogP contribution < -0.4 is 16.0 Å². The third-order valence-electron chi connectivity index (χ3n) is 5.63. The fourth-order valence-corrected chi connectivity index (χ4v) is 4.24. The molecule has 0 bridgehead atoms. The van der Waals surface area contributed by atoms with Gasteiger partial charge in [0.25, 0.3) is 5.91 Å². The molecule has 3 amide bonds. The molecule has 2 saturated heterocycles. The minimum atomic E-state index is -0.912. The van der Waals surface area contributed by atoms with E-state index in [1.54, 1.807) is 24.5 Å². The lowest BCUT2D eigenvalue weighted by Crippen LogP contribution is -2.42. The molecule has 2 aromatic heterocycles. The number of halogens is 1. The summed E-state index contributed by atoms with van der Waals surface area (Å²) in [5, 5.41) is 7.75. The van der Waals surface area contributed by atoms with Gasteiger partial charge >= 0.3 is 6.03 Å². The van der Waals surface area contributed by atoms with E-state index in [1.807, 2.05) is 6.92 Å². The number of benzene rings is 1. The Hall–Kier alpha value is -3.68. The van der Waals surface area contributed by atoms with E-state index in [2.05, 4.69) is 30.9 Å². The average Bonchev–Trinajstić information content (AvgIpc) is 3.46. The highest BCUT2D eigenvalue weighted by Crippen LogP contribution is 2.44. The Bertz CT molecular complexity index is 1280. The van der Waals surface area contributed by atoms with Gasteiger partial charge in [-0.15, -0.1) is 0 Å². The summed E-state index contributed by atoms with van der Waals surface area (Å²) >= 11 is 0. The number of urea groups is 1. The summed E-state index contributed by atoms with van der Waals surface area (Å²) in [6.45, 7) is 5.79. The molecule has 2 aliphatic heterocycles. The molecule has 13 heteroatoms. The molecule has 35 heavy (non-hydrogen) atoms. The first-order valence-electron chi connectivity index (χ1n) is 11.1. The molecule has 4 heterocycles. The number of nitrogens with zero attached hydrogens (tertiary/aromatic N) is 4. The number of nitrogens with one attached hydrogen (secondary N) is 3. The molecule has 0 saturated carbocycles. The van der Waals surface area contributed by atoms with Crippen LogP contribution in [0.15, 0.2) is 36.9 Å². The van der Waals surface area contributed by atoms with Crippen LogP contribution in [0, 0.1) is 5.82 Å². The third kappa shape index (κ3) is 4.29. The number of fused-ring (bicyclic) bond motifs is 2. The monoisotopic (exact) mass is 485 g/mol. The number of imidazole rings is 1. The zero-order valence-corrected chi connectivity index (χ0v) is 19.2. The number of rotatable bonds is 5. The van der Waals surface area contributed by atoms with E-state index < -0.39 is 42.2 Å². The Morgan fingerprint density at radius 3 is 2.66 bits per heavy atom. The van der Waals surface area contributed by atoms with Crippen molar-refractivity contribution in [3.05, 3.63) is 42.7 Å². The highest BCUT2D eigenvalue weighted by molar-refractivity contribution is 6.03. The smallest absolute Gasteiger partial charge is 0.324 e. The van der Waals surface area contributed by atoms with Gasteiger partial charge in [-0.3, -0.25) is 14.7 Å². The lowest BCUT2D eigenvalue weighted by Gasteiger charge is -2.24. The minimum absolute atomic E-state index is 0.0172. The number of carbonyl (C=O) groups is 2. The fraction of sp³-hybridized carbons (Fsp3) is 0.409. The van der Waals surface area contributed by atoms with Crippen molar-refractivity contribution in [2.75, 3.05) is 17.2 Å². The summed E-state index contributed by atoms with van der Waals surface area (Å²) in [5.74, 6) is -1.68. The van der Waals surface area contributed by atoms with Gasteiger partial charge in [0.2, 0.25) is 0 Å². The highest BCUT2D eigenvalue weighted by atomic mass is 19.1. The van der Waals surface area contributed by atoms with Gasteiger partial charge in [-0.25, -0.2) is 24.1 Å². The van der Waals surface area contributed by atoms with Crippen LogP contribution in [0.25, 0.3) is 11.2 Å². The van der Waals surface area contributed by atoms with E-state index in [4.69, 9.17) is 14.2 Å². The van der Waals surface area contributed by atoms with Gasteiger partial charge in [-0.2, -0.15) is 0 Å². The summed E-state index contributed by atoms with van der Waals surface area (Å²) in [7, 11) is 0. The fourth-order valence-electron chi connectivity index (χ4n) is 4.24. The van der Waals surface area contributed by atoms with Gasteiger partial charge in [0.15, 0.2) is 35.1 Å². The van der Waals surface area contributed by atoms with Crippen LogP contribution in [0.2, 0.25) is 0 Å². The first kappa shape index (κ1) is 23.1. The van der Waals surface area contributed by atoms with Gasteiger partial charge < -0.3 is 24.8 Å². The van der Waals surface area contributed by atoms with Crippen LogP contribution in [0.3, 0.4) is 0 Å².